The van der Waals surface area contributed by atoms with Crippen molar-refractivity contribution in [2.24, 2.45) is 0 Å². The molecule has 0 saturated heterocycles. The lowest BCUT2D eigenvalue weighted by atomic mass is 10.1. The monoisotopic (exact) mass is 306 g/mol. The second kappa shape index (κ2) is 5.14. The van der Waals surface area contributed by atoms with Gasteiger partial charge in [0.1, 0.15) is 5.82 Å². The van der Waals surface area contributed by atoms with Crippen LogP contribution in [0.3, 0.4) is 0 Å². The smallest absolute Gasteiger partial charge is 0.283 e. The van der Waals surface area contributed by atoms with E-state index in [0.29, 0.717) is 11.7 Å². The second-order valence-corrected chi connectivity index (χ2v) is 7.24. The second-order valence-electron chi connectivity index (χ2n) is 5.33. The van der Waals surface area contributed by atoms with Crippen molar-refractivity contribution in [3.05, 3.63) is 36.5 Å². The minimum Gasteiger partial charge on any atom is -0.331 e. The molecule has 3 heterocycles. The summed E-state index contributed by atoms with van der Waals surface area (Å²) >= 11 is 0. The highest BCUT2D eigenvalue weighted by atomic mass is 32.2. The third kappa shape index (κ3) is 2.42. The standard InChI is InChI=1S/C14H18N4O2S/c1-11-5-3-7-13-16-14(10-18(11)13)21(19,20)17(2)12-6-4-8-15-9-12/h4,6,8-11H,3,5,7H2,1-2H3. The number of rotatable bonds is 3. The van der Waals surface area contributed by atoms with E-state index < -0.39 is 10.0 Å². The van der Waals surface area contributed by atoms with Gasteiger partial charge in [0.05, 0.1) is 11.9 Å². The first kappa shape index (κ1) is 14.1. The normalized spacial score (nSPS) is 18.3. The average molecular weight is 306 g/mol. The van der Waals surface area contributed by atoms with Gasteiger partial charge in [0.15, 0.2) is 5.03 Å². The third-order valence-corrected chi connectivity index (χ3v) is 5.58. The molecule has 0 radical (unpaired) electrons. The molecule has 7 heteroatoms. The Morgan fingerprint density at radius 3 is 2.90 bits per heavy atom. The summed E-state index contributed by atoms with van der Waals surface area (Å²) in [4.78, 5) is 8.29. The van der Waals surface area contributed by atoms with Gasteiger partial charge in [-0.3, -0.25) is 9.29 Å². The Morgan fingerprint density at radius 1 is 1.43 bits per heavy atom. The highest BCUT2D eigenvalue weighted by Gasteiger charge is 2.28. The summed E-state index contributed by atoms with van der Waals surface area (Å²) in [5, 5.41) is 0.109. The fourth-order valence-electron chi connectivity index (χ4n) is 2.61. The van der Waals surface area contributed by atoms with Gasteiger partial charge in [0.2, 0.25) is 0 Å². The van der Waals surface area contributed by atoms with E-state index in [2.05, 4.69) is 16.9 Å². The van der Waals surface area contributed by atoms with E-state index in [1.807, 2.05) is 4.57 Å². The molecule has 1 unspecified atom stereocenters. The SMILES string of the molecule is CC1CCCc2nc(S(=O)(=O)N(C)c3cccnc3)cn21. The number of hydrogen-bond acceptors (Lipinski definition) is 4. The lowest BCUT2D eigenvalue weighted by Gasteiger charge is -2.20. The summed E-state index contributed by atoms with van der Waals surface area (Å²) in [6, 6.07) is 3.72. The number of nitrogens with zero attached hydrogens (tertiary/aromatic N) is 4. The summed E-state index contributed by atoms with van der Waals surface area (Å²) in [6.45, 7) is 2.09. The van der Waals surface area contributed by atoms with Crippen molar-refractivity contribution < 1.29 is 8.42 Å². The van der Waals surface area contributed by atoms with Crippen molar-refractivity contribution in [3.8, 4) is 0 Å². The minimum absolute atomic E-state index is 0.109. The van der Waals surface area contributed by atoms with Crippen LogP contribution in [0.15, 0.2) is 35.7 Å². The van der Waals surface area contributed by atoms with E-state index in [-0.39, 0.29) is 5.03 Å². The Hall–Kier alpha value is -1.89. The van der Waals surface area contributed by atoms with Crippen LogP contribution in [-0.2, 0) is 16.4 Å². The maximum atomic E-state index is 12.7. The zero-order valence-electron chi connectivity index (χ0n) is 12.1. The quantitative estimate of drug-likeness (QED) is 0.870. The molecule has 0 amide bonds. The van der Waals surface area contributed by atoms with E-state index in [1.165, 1.54) is 17.5 Å². The van der Waals surface area contributed by atoms with Crippen LogP contribution in [0.4, 0.5) is 5.69 Å². The predicted molar refractivity (Wildman–Crippen MR) is 79.7 cm³/mol. The van der Waals surface area contributed by atoms with Crippen molar-refractivity contribution >= 4 is 15.7 Å². The molecule has 6 nitrogen and oxygen atoms in total. The Bertz CT molecular complexity index is 740. The van der Waals surface area contributed by atoms with Crippen LogP contribution in [0.25, 0.3) is 0 Å². The summed E-state index contributed by atoms with van der Waals surface area (Å²) < 4.78 is 28.6. The molecule has 0 spiro atoms. The number of hydrogen-bond donors (Lipinski definition) is 0. The van der Waals surface area contributed by atoms with E-state index in [4.69, 9.17) is 0 Å². The fraction of sp³-hybridized carbons (Fsp3) is 0.429. The van der Waals surface area contributed by atoms with Crippen LogP contribution in [0, 0.1) is 0 Å². The summed E-state index contributed by atoms with van der Waals surface area (Å²) in [6.07, 6.45) is 7.73. The van der Waals surface area contributed by atoms with Gasteiger partial charge in [-0.1, -0.05) is 0 Å². The third-order valence-electron chi connectivity index (χ3n) is 3.92. The first-order valence-corrected chi connectivity index (χ1v) is 8.41. The van der Waals surface area contributed by atoms with Gasteiger partial charge in [-0.25, -0.2) is 4.98 Å². The van der Waals surface area contributed by atoms with Crippen LogP contribution in [0.2, 0.25) is 0 Å². The molecule has 0 aliphatic carbocycles. The number of anilines is 1. The number of imidazole rings is 1. The first-order chi connectivity index (χ1) is 10.00. The van der Waals surface area contributed by atoms with Crippen molar-refractivity contribution in [2.75, 3.05) is 11.4 Å². The lowest BCUT2D eigenvalue weighted by Crippen LogP contribution is -2.27. The fourth-order valence-corrected chi connectivity index (χ4v) is 3.75. The topological polar surface area (TPSA) is 68.1 Å². The van der Waals surface area contributed by atoms with Gasteiger partial charge in [0.25, 0.3) is 10.0 Å². The Morgan fingerprint density at radius 2 is 2.24 bits per heavy atom. The van der Waals surface area contributed by atoms with Crippen molar-refractivity contribution in [3.63, 3.8) is 0 Å². The maximum absolute atomic E-state index is 12.7. The summed E-state index contributed by atoms with van der Waals surface area (Å²) in [5.41, 5.74) is 0.525. The van der Waals surface area contributed by atoms with Gasteiger partial charge in [-0.05, 0) is 31.9 Å². The lowest BCUT2D eigenvalue weighted by molar-refractivity contribution is 0.425. The molecule has 1 aliphatic rings. The molecule has 21 heavy (non-hydrogen) atoms. The maximum Gasteiger partial charge on any atom is 0.283 e. The Labute approximate surface area is 124 Å². The zero-order chi connectivity index (χ0) is 15.0. The predicted octanol–water partition coefficient (Wildman–Crippen LogP) is 2.00. The number of pyridine rings is 1. The molecule has 1 atom stereocenters. The number of fused-ring (bicyclic) bond motifs is 1. The van der Waals surface area contributed by atoms with Crippen LogP contribution < -0.4 is 4.31 Å². The highest BCUT2D eigenvalue weighted by molar-refractivity contribution is 7.92. The number of aryl methyl sites for hydroxylation is 1. The average Bonchev–Trinajstić information content (AvgIpc) is 2.94. The Kier molecular flexibility index (Phi) is 3.44. The molecule has 2 aromatic rings. The number of aromatic nitrogens is 3. The largest absolute Gasteiger partial charge is 0.331 e. The van der Waals surface area contributed by atoms with E-state index in [9.17, 15) is 8.42 Å². The van der Waals surface area contributed by atoms with Crippen LogP contribution in [-0.4, -0.2) is 30.0 Å². The summed E-state index contributed by atoms with van der Waals surface area (Å²) in [5.74, 6) is 0.854. The molecule has 0 bridgehead atoms. The van der Waals surface area contributed by atoms with E-state index in [1.54, 1.807) is 24.5 Å². The van der Waals surface area contributed by atoms with E-state index >= 15 is 0 Å². The van der Waals surface area contributed by atoms with Gasteiger partial charge in [0, 0.05) is 31.9 Å². The molecular formula is C14H18N4O2S. The zero-order valence-corrected chi connectivity index (χ0v) is 12.9. The van der Waals surface area contributed by atoms with Crippen molar-refractivity contribution in [1.82, 2.24) is 14.5 Å². The minimum atomic E-state index is -3.65. The molecule has 0 aromatic carbocycles. The van der Waals surface area contributed by atoms with Crippen LogP contribution >= 0.6 is 0 Å². The molecule has 0 saturated carbocycles. The molecule has 0 fully saturated rings. The van der Waals surface area contributed by atoms with Gasteiger partial charge < -0.3 is 4.57 Å². The van der Waals surface area contributed by atoms with Crippen LogP contribution in [0.1, 0.15) is 31.6 Å². The molecule has 3 rings (SSSR count). The van der Waals surface area contributed by atoms with Gasteiger partial charge >= 0.3 is 0 Å². The van der Waals surface area contributed by atoms with Gasteiger partial charge in [-0.15, -0.1) is 0 Å². The molecule has 1 aliphatic heterocycles. The first-order valence-electron chi connectivity index (χ1n) is 6.97. The number of sulfonamides is 1. The van der Waals surface area contributed by atoms with Crippen LogP contribution in [0.5, 0.6) is 0 Å². The van der Waals surface area contributed by atoms with Crippen molar-refractivity contribution in [2.45, 2.75) is 37.3 Å². The van der Waals surface area contributed by atoms with E-state index in [0.717, 1.165) is 25.1 Å². The summed E-state index contributed by atoms with van der Waals surface area (Å²) in [7, 11) is -2.13. The molecule has 0 N–H and O–H groups in total. The Balaban J connectivity index is 1.99. The molecule has 112 valence electrons. The van der Waals surface area contributed by atoms with Crippen molar-refractivity contribution in [1.29, 1.82) is 0 Å². The molecular weight excluding hydrogens is 288 g/mol. The molecule has 2 aromatic heterocycles. The highest BCUT2D eigenvalue weighted by Crippen LogP contribution is 2.27. The van der Waals surface area contributed by atoms with Gasteiger partial charge in [-0.2, -0.15) is 8.42 Å².